The fraction of sp³-hybridized carbons (Fsp3) is 0.917. The summed E-state index contributed by atoms with van der Waals surface area (Å²) >= 11 is 0. The van der Waals surface area contributed by atoms with E-state index in [-0.39, 0.29) is 0 Å². The summed E-state index contributed by atoms with van der Waals surface area (Å²) in [6.45, 7) is 4.36. The number of hydrogen-bond donors (Lipinski definition) is 3. The first kappa shape index (κ1) is 13.3. The molecule has 0 bridgehead atoms. The Labute approximate surface area is 98.3 Å². The van der Waals surface area contributed by atoms with Crippen molar-refractivity contribution in [1.82, 2.24) is 5.32 Å². The van der Waals surface area contributed by atoms with Gasteiger partial charge in [-0.3, -0.25) is 0 Å². The van der Waals surface area contributed by atoms with Gasteiger partial charge in [-0.15, -0.1) is 0 Å². The molecule has 4 heteroatoms. The normalized spacial score (nSPS) is 29.0. The number of amidine groups is 1. The maximum atomic E-state index is 8.49. The van der Waals surface area contributed by atoms with Crippen LogP contribution >= 0.6 is 0 Å². The molecule has 1 aliphatic carbocycles. The summed E-state index contributed by atoms with van der Waals surface area (Å²) in [7, 11) is 0. The van der Waals surface area contributed by atoms with Crippen molar-refractivity contribution in [2.75, 3.05) is 0 Å². The van der Waals surface area contributed by atoms with Crippen molar-refractivity contribution in [3.8, 4) is 0 Å². The molecule has 0 aromatic heterocycles. The van der Waals surface area contributed by atoms with E-state index in [2.05, 4.69) is 24.3 Å². The van der Waals surface area contributed by atoms with Crippen LogP contribution < -0.4 is 11.1 Å². The second-order valence-electron chi connectivity index (χ2n) is 4.99. The predicted octanol–water partition coefficient (Wildman–Crippen LogP) is 2.07. The fourth-order valence-electron chi connectivity index (χ4n) is 2.55. The quantitative estimate of drug-likeness (QED) is 0.291. The summed E-state index contributed by atoms with van der Waals surface area (Å²) in [6.07, 6.45) is 7.13. The van der Waals surface area contributed by atoms with Crippen LogP contribution in [0, 0.1) is 5.92 Å². The molecule has 94 valence electrons. The number of oxime groups is 1. The Hall–Kier alpha value is -0.770. The SMILES string of the molecule is CCC1CCC(NC(C)CC(N)=NO)CC1. The first-order valence-electron chi connectivity index (χ1n) is 6.38. The van der Waals surface area contributed by atoms with Crippen LogP contribution in [0.5, 0.6) is 0 Å². The third-order valence-corrected chi connectivity index (χ3v) is 3.59. The van der Waals surface area contributed by atoms with E-state index in [1.165, 1.54) is 32.1 Å². The van der Waals surface area contributed by atoms with Crippen LogP contribution in [0.2, 0.25) is 0 Å². The highest BCUT2D eigenvalue weighted by atomic mass is 16.4. The number of nitrogens with zero attached hydrogens (tertiary/aromatic N) is 1. The van der Waals surface area contributed by atoms with Gasteiger partial charge in [0.25, 0.3) is 0 Å². The molecular weight excluding hydrogens is 202 g/mol. The van der Waals surface area contributed by atoms with E-state index in [4.69, 9.17) is 10.9 Å². The molecule has 16 heavy (non-hydrogen) atoms. The molecule has 0 heterocycles. The molecule has 1 rings (SSSR count). The van der Waals surface area contributed by atoms with Crippen molar-refractivity contribution in [3.63, 3.8) is 0 Å². The molecule has 0 aliphatic heterocycles. The molecule has 4 N–H and O–H groups in total. The van der Waals surface area contributed by atoms with Gasteiger partial charge in [0.05, 0.1) is 0 Å². The smallest absolute Gasteiger partial charge is 0.140 e. The molecule has 4 nitrogen and oxygen atoms in total. The topological polar surface area (TPSA) is 70.6 Å². The Bertz CT molecular complexity index is 222. The van der Waals surface area contributed by atoms with Crippen molar-refractivity contribution in [1.29, 1.82) is 0 Å². The molecule has 0 radical (unpaired) electrons. The first-order valence-corrected chi connectivity index (χ1v) is 6.38. The fourth-order valence-corrected chi connectivity index (χ4v) is 2.55. The van der Waals surface area contributed by atoms with Crippen molar-refractivity contribution >= 4 is 5.84 Å². The van der Waals surface area contributed by atoms with E-state index in [1.807, 2.05) is 0 Å². The second-order valence-corrected chi connectivity index (χ2v) is 4.99. The Morgan fingerprint density at radius 1 is 1.44 bits per heavy atom. The molecule has 0 aromatic rings. The second kappa shape index (κ2) is 6.74. The van der Waals surface area contributed by atoms with Crippen molar-refractivity contribution in [2.24, 2.45) is 16.8 Å². The summed E-state index contributed by atoms with van der Waals surface area (Å²) < 4.78 is 0. The van der Waals surface area contributed by atoms with Gasteiger partial charge in [0, 0.05) is 18.5 Å². The maximum Gasteiger partial charge on any atom is 0.140 e. The Balaban J connectivity index is 2.23. The predicted molar refractivity (Wildman–Crippen MR) is 66.7 cm³/mol. The average molecular weight is 227 g/mol. The first-order chi connectivity index (χ1) is 7.65. The minimum Gasteiger partial charge on any atom is -0.409 e. The van der Waals surface area contributed by atoms with Crippen molar-refractivity contribution < 1.29 is 5.21 Å². The van der Waals surface area contributed by atoms with Gasteiger partial charge in [-0.05, 0) is 38.5 Å². The molecule has 1 fully saturated rings. The van der Waals surface area contributed by atoms with Crippen LogP contribution in [0.15, 0.2) is 5.16 Å². The molecule has 1 unspecified atom stereocenters. The van der Waals surface area contributed by atoms with E-state index in [9.17, 15) is 0 Å². The summed E-state index contributed by atoms with van der Waals surface area (Å²) in [6, 6.07) is 0.906. The van der Waals surface area contributed by atoms with Crippen LogP contribution in [0.3, 0.4) is 0 Å². The summed E-state index contributed by atoms with van der Waals surface area (Å²) in [4.78, 5) is 0. The van der Waals surface area contributed by atoms with Crippen LogP contribution in [0.1, 0.15) is 52.4 Å². The van der Waals surface area contributed by atoms with Gasteiger partial charge in [-0.1, -0.05) is 18.5 Å². The summed E-state index contributed by atoms with van der Waals surface area (Å²) in [5.41, 5.74) is 5.48. The van der Waals surface area contributed by atoms with Gasteiger partial charge < -0.3 is 16.3 Å². The highest BCUT2D eigenvalue weighted by Gasteiger charge is 2.21. The molecule has 1 atom stereocenters. The number of hydrogen-bond acceptors (Lipinski definition) is 3. The van der Waals surface area contributed by atoms with Crippen molar-refractivity contribution in [2.45, 2.75) is 64.5 Å². The Morgan fingerprint density at radius 2 is 2.06 bits per heavy atom. The maximum absolute atomic E-state index is 8.49. The lowest BCUT2D eigenvalue weighted by molar-refractivity contribution is 0.272. The lowest BCUT2D eigenvalue weighted by atomic mass is 9.84. The lowest BCUT2D eigenvalue weighted by Gasteiger charge is -2.30. The van der Waals surface area contributed by atoms with Gasteiger partial charge in [-0.2, -0.15) is 0 Å². The van der Waals surface area contributed by atoms with Gasteiger partial charge in [0.15, 0.2) is 0 Å². The summed E-state index contributed by atoms with van der Waals surface area (Å²) in [5.74, 6) is 1.24. The monoisotopic (exact) mass is 227 g/mol. The summed E-state index contributed by atoms with van der Waals surface area (Å²) in [5, 5.41) is 15.0. The van der Waals surface area contributed by atoms with Crippen molar-refractivity contribution in [3.05, 3.63) is 0 Å². The van der Waals surface area contributed by atoms with Gasteiger partial charge in [-0.25, -0.2) is 0 Å². The van der Waals surface area contributed by atoms with E-state index in [0.717, 1.165) is 5.92 Å². The zero-order valence-electron chi connectivity index (χ0n) is 10.4. The number of nitrogens with one attached hydrogen (secondary N) is 1. The van der Waals surface area contributed by atoms with E-state index in [0.29, 0.717) is 24.3 Å². The molecule has 0 amide bonds. The molecular formula is C12H25N3O. The lowest BCUT2D eigenvalue weighted by Crippen LogP contribution is -2.40. The van der Waals surface area contributed by atoms with E-state index in [1.54, 1.807) is 0 Å². The molecule has 0 spiro atoms. The van der Waals surface area contributed by atoms with Crippen LogP contribution in [-0.4, -0.2) is 23.1 Å². The Kier molecular flexibility index (Phi) is 5.60. The number of nitrogens with two attached hydrogens (primary N) is 1. The highest BCUT2D eigenvalue weighted by Crippen LogP contribution is 2.26. The Morgan fingerprint density at radius 3 is 2.56 bits per heavy atom. The highest BCUT2D eigenvalue weighted by molar-refractivity contribution is 5.80. The minimum atomic E-state index is 0.291. The average Bonchev–Trinajstić information content (AvgIpc) is 2.29. The van der Waals surface area contributed by atoms with Gasteiger partial charge in [0.1, 0.15) is 5.84 Å². The number of rotatable bonds is 5. The zero-order valence-corrected chi connectivity index (χ0v) is 10.4. The molecule has 1 aliphatic rings. The standard InChI is InChI=1S/C12H25N3O/c1-3-10-4-6-11(7-5-10)14-9(2)8-12(13)15-16/h9-11,14,16H,3-8H2,1-2H3,(H2,13,15). The largest absolute Gasteiger partial charge is 0.409 e. The van der Waals surface area contributed by atoms with Gasteiger partial charge in [0.2, 0.25) is 0 Å². The van der Waals surface area contributed by atoms with Crippen LogP contribution in [0.25, 0.3) is 0 Å². The van der Waals surface area contributed by atoms with Crippen LogP contribution in [-0.2, 0) is 0 Å². The molecule has 0 aromatic carbocycles. The third-order valence-electron chi connectivity index (χ3n) is 3.59. The molecule has 0 saturated heterocycles. The zero-order chi connectivity index (χ0) is 12.0. The minimum absolute atomic E-state index is 0.291. The van der Waals surface area contributed by atoms with Crippen LogP contribution in [0.4, 0.5) is 0 Å². The van der Waals surface area contributed by atoms with E-state index < -0.39 is 0 Å². The van der Waals surface area contributed by atoms with Gasteiger partial charge >= 0.3 is 0 Å². The third kappa shape index (κ3) is 4.39. The molecule has 1 saturated carbocycles. The van der Waals surface area contributed by atoms with E-state index >= 15 is 0 Å².